The molecule has 2 rings (SSSR count). The minimum absolute atomic E-state index is 1.05. The van der Waals surface area contributed by atoms with Gasteiger partial charge in [0, 0.05) is 5.33 Å². The molecule has 2 aliphatic carbocycles. The quantitative estimate of drug-likeness (QED) is 0.556. The Bertz CT molecular complexity index is 111. The maximum Gasteiger partial charge on any atom is 0.00624 e. The summed E-state index contributed by atoms with van der Waals surface area (Å²) in [5.74, 6) is 3.27. The largest absolute Gasteiger partial charge is 0.0925 e. The highest BCUT2D eigenvalue weighted by molar-refractivity contribution is 9.09. The highest BCUT2D eigenvalue weighted by Crippen LogP contribution is 2.48. The summed E-state index contributed by atoms with van der Waals surface area (Å²) in [7, 11) is 0. The summed E-state index contributed by atoms with van der Waals surface area (Å²) in [6.45, 7) is 0. The summed E-state index contributed by atoms with van der Waals surface area (Å²) in [5, 5.41) is 1.26. The van der Waals surface area contributed by atoms with E-state index >= 15 is 0 Å². The van der Waals surface area contributed by atoms with Crippen molar-refractivity contribution in [3.8, 4) is 0 Å². The van der Waals surface area contributed by atoms with E-state index in [0.717, 1.165) is 17.8 Å². The van der Waals surface area contributed by atoms with Crippen LogP contribution < -0.4 is 0 Å². The molecule has 0 N–H and O–H groups in total. The monoisotopic (exact) mass is 188 g/mol. The molecular formula is C8H13Br. The molecule has 0 amide bonds. The summed E-state index contributed by atoms with van der Waals surface area (Å²) in [6, 6.07) is 0. The molecule has 0 aromatic rings. The second-order valence-electron chi connectivity index (χ2n) is 3.59. The lowest BCUT2D eigenvalue weighted by Gasteiger charge is -2.18. The second-order valence-corrected chi connectivity index (χ2v) is 4.24. The van der Waals surface area contributed by atoms with Crippen molar-refractivity contribution in [2.45, 2.75) is 25.7 Å². The number of hydrogen-bond donors (Lipinski definition) is 0. The Balaban J connectivity index is 2.01. The maximum absolute atomic E-state index is 3.58. The summed E-state index contributed by atoms with van der Waals surface area (Å²) in [6.07, 6.45) is 6.14. The number of rotatable bonds is 1. The first-order valence-electron chi connectivity index (χ1n) is 3.96. The van der Waals surface area contributed by atoms with E-state index < -0.39 is 0 Å². The zero-order valence-electron chi connectivity index (χ0n) is 5.65. The van der Waals surface area contributed by atoms with Crippen LogP contribution in [-0.4, -0.2) is 5.33 Å². The van der Waals surface area contributed by atoms with Gasteiger partial charge >= 0.3 is 0 Å². The van der Waals surface area contributed by atoms with Crippen LogP contribution in [0.5, 0.6) is 0 Å². The molecule has 0 aromatic carbocycles. The van der Waals surface area contributed by atoms with E-state index in [-0.39, 0.29) is 0 Å². The van der Waals surface area contributed by atoms with Crippen LogP contribution in [-0.2, 0) is 0 Å². The zero-order chi connectivity index (χ0) is 6.27. The van der Waals surface area contributed by atoms with Crippen LogP contribution in [0.25, 0.3) is 0 Å². The molecule has 0 saturated heterocycles. The first-order valence-corrected chi connectivity index (χ1v) is 5.08. The lowest BCUT2D eigenvalue weighted by atomic mass is 9.91. The van der Waals surface area contributed by atoms with Crippen molar-refractivity contribution in [1.82, 2.24) is 0 Å². The van der Waals surface area contributed by atoms with Gasteiger partial charge in [-0.2, -0.15) is 0 Å². The molecule has 0 unspecified atom stereocenters. The summed E-state index contributed by atoms with van der Waals surface area (Å²) < 4.78 is 0. The second kappa shape index (κ2) is 2.26. The number of alkyl halides is 1. The van der Waals surface area contributed by atoms with Crippen LogP contribution in [0.4, 0.5) is 0 Å². The van der Waals surface area contributed by atoms with Crippen LogP contribution in [0.15, 0.2) is 0 Å². The Hall–Kier alpha value is 0.480. The van der Waals surface area contributed by atoms with Crippen molar-refractivity contribution >= 4 is 15.9 Å². The highest BCUT2D eigenvalue weighted by Gasteiger charge is 2.38. The summed E-state index contributed by atoms with van der Waals surface area (Å²) in [4.78, 5) is 0. The Kier molecular flexibility index (Phi) is 1.56. The van der Waals surface area contributed by atoms with Gasteiger partial charge in [0.05, 0.1) is 0 Å². The molecular weight excluding hydrogens is 176 g/mol. The van der Waals surface area contributed by atoms with Crippen molar-refractivity contribution < 1.29 is 0 Å². The fourth-order valence-corrected chi connectivity index (χ4v) is 3.36. The van der Waals surface area contributed by atoms with Gasteiger partial charge in [-0.25, -0.2) is 0 Å². The van der Waals surface area contributed by atoms with Gasteiger partial charge in [0.25, 0.3) is 0 Å². The number of hydrogen-bond acceptors (Lipinski definition) is 0. The average Bonchev–Trinajstić information content (AvgIpc) is 2.45. The van der Waals surface area contributed by atoms with E-state index in [1.165, 1.54) is 24.6 Å². The van der Waals surface area contributed by atoms with Crippen molar-refractivity contribution in [1.29, 1.82) is 0 Å². The molecule has 0 radical (unpaired) electrons. The van der Waals surface area contributed by atoms with Gasteiger partial charge in [-0.15, -0.1) is 0 Å². The first-order chi connectivity index (χ1) is 4.40. The fourth-order valence-electron chi connectivity index (χ4n) is 2.57. The molecule has 2 saturated carbocycles. The Morgan fingerprint density at radius 2 is 2.11 bits per heavy atom. The molecule has 52 valence electrons. The van der Waals surface area contributed by atoms with E-state index in [0.29, 0.717) is 0 Å². The van der Waals surface area contributed by atoms with E-state index in [2.05, 4.69) is 15.9 Å². The number of halogens is 1. The summed E-state index contributed by atoms with van der Waals surface area (Å²) >= 11 is 3.58. The van der Waals surface area contributed by atoms with Crippen LogP contribution in [0.2, 0.25) is 0 Å². The van der Waals surface area contributed by atoms with E-state index in [1.54, 1.807) is 6.42 Å². The van der Waals surface area contributed by atoms with Crippen LogP contribution in [0.3, 0.4) is 0 Å². The molecule has 0 heterocycles. The van der Waals surface area contributed by atoms with Gasteiger partial charge in [0.15, 0.2) is 0 Å². The average molecular weight is 189 g/mol. The molecule has 0 nitrogen and oxygen atoms in total. The molecule has 9 heavy (non-hydrogen) atoms. The Morgan fingerprint density at radius 3 is 2.44 bits per heavy atom. The Morgan fingerprint density at radius 1 is 1.22 bits per heavy atom. The van der Waals surface area contributed by atoms with Crippen molar-refractivity contribution in [2.24, 2.45) is 17.8 Å². The maximum atomic E-state index is 3.58. The van der Waals surface area contributed by atoms with Crippen molar-refractivity contribution in [3.05, 3.63) is 0 Å². The molecule has 0 aromatic heterocycles. The molecule has 3 atom stereocenters. The van der Waals surface area contributed by atoms with Gasteiger partial charge in [-0.05, 0) is 37.0 Å². The molecule has 2 fully saturated rings. The van der Waals surface area contributed by atoms with Crippen LogP contribution in [0, 0.1) is 17.8 Å². The molecule has 0 spiro atoms. The third-order valence-electron chi connectivity index (χ3n) is 3.08. The van der Waals surface area contributed by atoms with Gasteiger partial charge in [0.1, 0.15) is 0 Å². The fraction of sp³-hybridized carbons (Fsp3) is 1.00. The predicted molar refractivity (Wildman–Crippen MR) is 42.7 cm³/mol. The van der Waals surface area contributed by atoms with Gasteiger partial charge in [0.2, 0.25) is 0 Å². The van der Waals surface area contributed by atoms with Crippen molar-refractivity contribution in [2.75, 3.05) is 5.33 Å². The number of fused-ring (bicyclic) bond motifs is 2. The molecule has 2 aliphatic rings. The minimum Gasteiger partial charge on any atom is -0.0925 e. The minimum atomic E-state index is 1.05. The van der Waals surface area contributed by atoms with Crippen LogP contribution in [0.1, 0.15) is 25.7 Å². The summed E-state index contributed by atoms with van der Waals surface area (Å²) in [5.41, 5.74) is 0. The molecule has 1 heteroatoms. The first kappa shape index (κ1) is 6.21. The lowest BCUT2D eigenvalue weighted by Crippen LogP contribution is -2.10. The van der Waals surface area contributed by atoms with Gasteiger partial charge in [-0.3, -0.25) is 0 Å². The van der Waals surface area contributed by atoms with E-state index in [9.17, 15) is 0 Å². The topological polar surface area (TPSA) is 0 Å². The predicted octanol–water partition coefficient (Wildman–Crippen LogP) is 2.82. The van der Waals surface area contributed by atoms with Crippen molar-refractivity contribution in [3.63, 3.8) is 0 Å². The normalized spacial score (nSPS) is 48.3. The van der Waals surface area contributed by atoms with E-state index in [1.807, 2.05) is 0 Å². The molecule has 0 aliphatic heterocycles. The van der Waals surface area contributed by atoms with Gasteiger partial charge < -0.3 is 0 Å². The third kappa shape index (κ3) is 0.938. The Labute approximate surface area is 65.1 Å². The standard InChI is InChI=1S/C8H13Br/c9-5-8-4-6-1-2-7(8)3-6/h6-8H,1-5H2/t6-,7-,8-/m0/s1. The van der Waals surface area contributed by atoms with Gasteiger partial charge in [-0.1, -0.05) is 22.4 Å². The SMILES string of the molecule is BrC[C@@H]1C[C@H]2CC[C@H]1C2. The lowest BCUT2D eigenvalue weighted by molar-refractivity contribution is 0.367. The third-order valence-corrected chi connectivity index (χ3v) is 3.91. The van der Waals surface area contributed by atoms with E-state index in [4.69, 9.17) is 0 Å². The zero-order valence-corrected chi connectivity index (χ0v) is 7.23. The molecule has 2 bridgehead atoms. The smallest absolute Gasteiger partial charge is 0.00624 e. The highest BCUT2D eigenvalue weighted by atomic mass is 79.9. The van der Waals surface area contributed by atoms with Crippen LogP contribution >= 0.6 is 15.9 Å².